The van der Waals surface area contributed by atoms with E-state index in [0.29, 0.717) is 0 Å². The van der Waals surface area contributed by atoms with Gasteiger partial charge in [0.1, 0.15) is 0 Å². The summed E-state index contributed by atoms with van der Waals surface area (Å²) in [6, 6.07) is 0. The maximum absolute atomic E-state index is 8.51. The van der Waals surface area contributed by atoms with Gasteiger partial charge in [0.05, 0.1) is 0 Å². The van der Waals surface area contributed by atoms with E-state index in [-0.39, 0.29) is 22.9 Å². The molecule has 0 saturated carbocycles. The van der Waals surface area contributed by atoms with Crippen LogP contribution < -0.4 is 0 Å². The molecule has 0 amide bonds. The standard InChI is InChI=1S/2HNOS.O2S/c3*1-3-2/h2*1H;. The lowest BCUT2D eigenvalue weighted by molar-refractivity contribution is 0.630. The molecule has 0 spiro atoms. The van der Waals surface area contributed by atoms with E-state index >= 15 is 0 Å². The van der Waals surface area contributed by atoms with Gasteiger partial charge in [-0.05, 0) is 0 Å². The van der Waals surface area contributed by atoms with Crippen molar-refractivity contribution in [1.29, 1.82) is 9.56 Å². The molecule has 0 aromatic rings. The lowest BCUT2D eigenvalue weighted by Gasteiger charge is -1.02. The topological polar surface area (TPSA) is 116 Å². The highest BCUT2D eigenvalue weighted by molar-refractivity contribution is 7.53. The molecule has 0 rings (SSSR count). The second-order valence-corrected chi connectivity index (χ2v) is 0.704. The Hall–Kier alpha value is -0.540. The van der Waals surface area contributed by atoms with Gasteiger partial charge in [0, 0.05) is 0 Å². The van der Waals surface area contributed by atoms with Crippen molar-refractivity contribution < 1.29 is 16.8 Å². The lowest BCUT2D eigenvalue weighted by atomic mass is 14.0. The van der Waals surface area contributed by atoms with Crippen molar-refractivity contribution in [2.45, 2.75) is 0 Å². The predicted octanol–water partition coefficient (Wildman–Crippen LogP) is -0.747. The molecule has 2 N–H and O–H groups in total. The first-order valence-corrected chi connectivity index (χ1v) is 3.22. The van der Waals surface area contributed by atoms with Crippen LogP contribution in [0.2, 0.25) is 0 Å². The summed E-state index contributed by atoms with van der Waals surface area (Å²) in [5.41, 5.74) is 0. The van der Waals surface area contributed by atoms with Crippen LogP contribution in [0.1, 0.15) is 0 Å². The fraction of sp³-hybridized carbons (Fsp3) is 0. The molecule has 9 heteroatoms. The maximum atomic E-state index is 8.51. The highest BCUT2D eigenvalue weighted by Gasteiger charge is 1.12. The second kappa shape index (κ2) is 51.4. The average molecular weight is 190 g/mol. The molecule has 0 radical (unpaired) electrons. The van der Waals surface area contributed by atoms with E-state index in [1.54, 1.807) is 0 Å². The molecule has 6 nitrogen and oxygen atoms in total. The summed E-state index contributed by atoms with van der Waals surface area (Å²) in [5, 5.41) is 0. The molecule has 0 aromatic carbocycles. The van der Waals surface area contributed by atoms with E-state index in [9.17, 15) is 0 Å². The molecule has 0 atom stereocenters. The summed E-state index contributed by atoms with van der Waals surface area (Å²) in [4.78, 5) is 0. The zero-order valence-electron chi connectivity index (χ0n) is 3.86. The fourth-order valence-corrected chi connectivity index (χ4v) is 0. The Morgan fingerprint density at radius 2 is 0.778 bits per heavy atom. The molecule has 0 heterocycles. The van der Waals surface area contributed by atoms with Crippen molar-refractivity contribution in [1.82, 2.24) is 0 Å². The van der Waals surface area contributed by atoms with Crippen LogP contribution in [-0.4, -0.2) is 16.8 Å². The van der Waals surface area contributed by atoms with E-state index in [1.807, 2.05) is 0 Å². The first kappa shape index (κ1) is 15.8. The molecule has 9 heavy (non-hydrogen) atoms. The van der Waals surface area contributed by atoms with Gasteiger partial charge in [-0.3, -0.25) is 0 Å². The SMILES string of the molecule is N=S=O.N=S=O.O=S=O. The van der Waals surface area contributed by atoms with Crippen LogP contribution in [0.3, 0.4) is 0 Å². The van der Waals surface area contributed by atoms with Crippen LogP contribution in [0.4, 0.5) is 0 Å². The van der Waals surface area contributed by atoms with E-state index in [2.05, 4.69) is 0 Å². The van der Waals surface area contributed by atoms with Gasteiger partial charge in [-0.1, -0.05) is 0 Å². The fourth-order valence-electron chi connectivity index (χ4n) is 0. The highest BCUT2D eigenvalue weighted by Crippen LogP contribution is 0.961. The van der Waals surface area contributed by atoms with E-state index in [1.165, 1.54) is 0 Å². The third-order valence-electron chi connectivity index (χ3n) is 0. The summed E-state index contributed by atoms with van der Waals surface area (Å²) in [6.07, 6.45) is 0. The van der Waals surface area contributed by atoms with Crippen LogP contribution in [0.25, 0.3) is 0 Å². The average Bonchev–Trinajstić information content (AvgIpc) is 1.70. The quantitative estimate of drug-likeness (QED) is 0.522. The van der Waals surface area contributed by atoms with Gasteiger partial charge >= 0.3 is 11.6 Å². The normalized spacial score (nSPS) is 4.00. The molecule has 0 saturated heterocycles. The summed E-state index contributed by atoms with van der Waals surface area (Å²) in [7, 11) is 0. The van der Waals surface area contributed by atoms with Crippen LogP contribution in [-0.2, 0) is 34.5 Å². The third kappa shape index (κ3) is 763. The minimum Gasteiger partial charge on any atom is -0.210 e. The molecule has 0 bridgehead atoms. The molecular formula is H2N2O4S3. The summed E-state index contributed by atoms with van der Waals surface area (Å²) in [6.45, 7) is 0. The van der Waals surface area contributed by atoms with Crippen LogP contribution in [0.15, 0.2) is 0 Å². The monoisotopic (exact) mass is 190 g/mol. The van der Waals surface area contributed by atoms with E-state index < -0.39 is 11.6 Å². The Balaban J connectivity index is -0.0000000600. The van der Waals surface area contributed by atoms with Crippen LogP contribution >= 0.6 is 0 Å². The van der Waals surface area contributed by atoms with E-state index in [4.69, 9.17) is 26.4 Å². The van der Waals surface area contributed by atoms with Crippen molar-refractivity contribution in [3.8, 4) is 0 Å². The zero-order valence-corrected chi connectivity index (χ0v) is 6.31. The van der Waals surface area contributed by atoms with Gasteiger partial charge in [-0.25, -0.2) is 9.56 Å². The Morgan fingerprint density at radius 3 is 0.778 bits per heavy atom. The highest BCUT2D eigenvalue weighted by atomic mass is 32.1. The maximum Gasteiger partial charge on any atom is 0.335 e. The lowest BCUT2D eigenvalue weighted by Crippen LogP contribution is -1.18. The summed E-state index contributed by atoms with van der Waals surface area (Å²) >= 11 is -1.25. The van der Waals surface area contributed by atoms with Crippen molar-refractivity contribution in [2.75, 3.05) is 0 Å². The van der Waals surface area contributed by atoms with Gasteiger partial charge in [0.15, 0.2) is 22.9 Å². The molecular weight excluding hydrogens is 188 g/mol. The minimum atomic E-state index is -0.750. The Bertz CT molecular complexity index is 105. The van der Waals surface area contributed by atoms with Crippen molar-refractivity contribution >= 4 is 34.5 Å². The van der Waals surface area contributed by atoms with Gasteiger partial charge in [-0.2, -0.15) is 16.8 Å². The van der Waals surface area contributed by atoms with Crippen LogP contribution in [0.5, 0.6) is 0 Å². The first-order chi connectivity index (χ1) is 4.24. The van der Waals surface area contributed by atoms with Gasteiger partial charge in [0.25, 0.3) is 0 Å². The number of rotatable bonds is 0. The van der Waals surface area contributed by atoms with Gasteiger partial charge in [-0.15, -0.1) is 0 Å². The number of hydrogen-bond acceptors (Lipinski definition) is 6. The number of nitrogens with one attached hydrogen (secondary N) is 2. The molecule has 0 aliphatic rings. The minimum absolute atomic E-state index is 0.250. The van der Waals surface area contributed by atoms with Gasteiger partial charge in [0.2, 0.25) is 0 Å². The molecule has 0 aromatic heterocycles. The van der Waals surface area contributed by atoms with Crippen molar-refractivity contribution in [3.63, 3.8) is 0 Å². The smallest absolute Gasteiger partial charge is 0.210 e. The Kier molecular flexibility index (Phi) is 90.3. The molecule has 54 valence electrons. The van der Waals surface area contributed by atoms with E-state index in [0.717, 1.165) is 0 Å². The van der Waals surface area contributed by atoms with Crippen molar-refractivity contribution in [2.24, 2.45) is 0 Å². The Labute approximate surface area is 61.3 Å². The number of hydrogen-bond donors (Lipinski definition) is 2. The summed E-state index contributed by atoms with van der Waals surface area (Å²) in [5.74, 6) is 0. The van der Waals surface area contributed by atoms with Crippen molar-refractivity contribution in [3.05, 3.63) is 0 Å². The molecule has 0 fully saturated rings. The summed E-state index contributed by atoms with van der Waals surface area (Å²) < 4.78 is 44.8. The van der Waals surface area contributed by atoms with Crippen LogP contribution in [0, 0.1) is 9.56 Å². The third-order valence-corrected chi connectivity index (χ3v) is 0. The van der Waals surface area contributed by atoms with Gasteiger partial charge < -0.3 is 0 Å². The Morgan fingerprint density at radius 1 is 0.778 bits per heavy atom. The molecule has 0 aliphatic heterocycles. The first-order valence-electron chi connectivity index (χ1n) is 1.07. The zero-order chi connectivity index (χ0) is 8.12. The largest absolute Gasteiger partial charge is 0.335 e. The predicted molar refractivity (Wildman–Crippen MR) is 30.6 cm³/mol. The molecule has 0 aliphatic carbocycles. The molecule has 0 unspecified atom stereocenters. The second-order valence-electron chi connectivity index (χ2n) is 0.235.